The Kier molecular flexibility index (Phi) is 6.02. The maximum absolute atomic E-state index is 13.4. The van der Waals surface area contributed by atoms with E-state index in [0.29, 0.717) is 34.5 Å². The second-order valence-electron chi connectivity index (χ2n) is 6.56. The molecule has 2 aromatic heterocycles. The van der Waals surface area contributed by atoms with Crippen LogP contribution in [-0.4, -0.2) is 48.5 Å². The monoisotopic (exact) mass is 513 g/mol. The lowest BCUT2D eigenvalue weighted by atomic mass is 10.1. The van der Waals surface area contributed by atoms with Gasteiger partial charge in [0.25, 0.3) is 0 Å². The van der Waals surface area contributed by atoms with E-state index in [1.165, 1.54) is 18.5 Å². The number of aromatic nitrogens is 4. The Hall–Kier alpha value is -1.85. The summed E-state index contributed by atoms with van der Waals surface area (Å²) in [6.07, 6.45) is 5.21. The summed E-state index contributed by atoms with van der Waals surface area (Å²) in [6.45, 7) is 2.13. The SMILES string of the molecule is Fc1ccc(Nc2ncnc3cnc(NC4CCN(CI)CC4)nc23)cc1Cl. The Labute approximate surface area is 180 Å². The van der Waals surface area contributed by atoms with Gasteiger partial charge in [-0.1, -0.05) is 34.2 Å². The maximum atomic E-state index is 13.4. The Balaban J connectivity index is 1.56. The third-order valence-electron chi connectivity index (χ3n) is 4.65. The van der Waals surface area contributed by atoms with Crippen molar-refractivity contribution in [1.29, 1.82) is 0 Å². The third-order valence-corrected chi connectivity index (χ3v) is 5.90. The van der Waals surface area contributed by atoms with Crippen LogP contribution in [0.1, 0.15) is 12.8 Å². The van der Waals surface area contributed by atoms with Crippen molar-refractivity contribution < 1.29 is 4.39 Å². The summed E-state index contributed by atoms with van der Waals surface area (Å²) < 4.78 is 14.4. The first-order chi connectivity index (χ1) is 13.6. The average Bonchev–Trinajstić information content (AvgIpc) is 2.72. The van der Waals surface area contributed by atoms with Crippen molar-refractivity contribution in [1.82, 2.24) is 24.8 Å². The lowest BCUT2D eigenvalue weighted by molar-refractivity contribution is 0.258. The molecule has 1 saturated heterocycles. The molecule has 2 N–H and O–H groups in total. The largest absolute Gasteiger partial charge is 0.351 e. The van der Waals surface area contributed by atoms with Crippen molar-refractivity contribution >= 4 is 62.7 Å². The Morgan fingerprint density at radius 3 is 2.79 bits per heavy atom. The minimum absolute atomic E-state index is 0.0400. The summed E-state index contributed by atoms with van der Waals surface area (Å²) in [5.74, 6) is 0.593. The van der Waals surface area contributed by atoms with Gasteiger partial charge in [0.1, 0.15) is 23.2 Å². The van der Waals surface area contributed by atoms with E-state index in [9.17, 15) is 4.39 Å². The van der Waals surface area contributed by atoms with Crippen LogP contribution in [0.2, 0.25) is 5.02 Å². The topological polar surface area (TPSA) is 78.9 Å². The van der Waals surface area contributed by atoms with E-state index in [0.717, 1.165) is 30.5 Å². The molecule has 4 rings (SSSR count). The van der Waals surface area contributed by atoms with Gasteiger partial charge in [-0.2, -0.15) is 0 Å². The number of halogens is 3. The van der Waals surface area contributed by atoms with Crippen LogP contribution in [0.4, 0.5) is 21.8 Å². The van der Waals surface area contributed by atoms with Crippen LogP contribution < -0.4 is 10.6 Å². The first kappa shape index (κ1) is 19.5. The second-order valence-corrected chi connectivity index (χ2v) is 7.65. The van der Waals surface area contributed by atoms with Gasteiger partial charge in [0, 0.05) is 24.8 Å². The third kappa shape index (κ3) is 4.41. The van der Waals surface area contributed by atoms with E-state index in [4.69, 9.17) is 11.6 Å². The minimum Gasteiger partial charge on any atom is -0.351 e. The summed E-state index contributed by atoms with van der Waals surface area (Å²) in [5, 5.41) is 6.59. The van der Waals surface area contributed by atoms with Gasteiger partial charge < -0.3 is 10.6 Å². The number of benzene rings is 1. The van der Waals surface area contributed by atoms with Crippen LogP contribution in [0.3, 0.4) is 0 Å². The molecule has 1 aromatic carbocycles. The lowest BCUT2D eigenvalue weighted by Gasteiger charge is -2.30. The molecule has 3 aromatic rings. The molecule has 0 atom stereocenters. The smallest absolute Gasteiger partial charge is 0.223 e. The number of alkyl halides is 1. The molecule has 28 heavy (non-hydrogen) atoms. The van der Waals surface area contributed by atoms with Crippen LogP contribution in [0.15, 0.2) is 30.7 Å². The fourth-order valence-electron chi connectivity index (χ4n) is 3.11. The zero-order valence-electron chi connectivity index (χ0n) is 14.9. The molecule has 0 saturated carbocycles. The molecule has 0 radical (unpaired) electrons. The van der Waals surface area contributed by atoms with Gasteiger partial charge in [-0.15, -0.1) is 0 Å². The predicted octanol–water partition coefficient (Wildman–Crippen LogP) is 4.22. The number of hydrogen-bond acceptors (Lipinski definition) is 7. The summed E-state index contributed by atoms with van der Waals surface area (Å²) in [5.41, 5.74) is 1.83. The number of fused-ring (bicyclic) bond motifs is 1. The molecule has 1 fully saturated rings. The molecule has 7 nitrogen and oxygen atoms in total. The Morgan fingerprint density at radius 1 is 1.21 bits per heavy atom. The lowest BCUT2D eigenvalue weighted by Crippen LogP contribution is -2.38. The molecule has 1 aliphatic heterocycles. The molecule has 10 heteroatoms. The quantitative estimate of drug-likeness (QED) is 0.300. The fourth-order valence-corrected chi connectivity index (χ4v) is 3.97. The summed E-state index contributed by atoms with van der Waals surface area (Å²) in [6, 6.07) is 4.74. The van der Waals surface area contributed by atoms with Gasteiger partial charge in [-0.25, -0.2) is 24.3 Å². The van der Waals surface area contributed by atoms with Gasteiger partial charge in [0.15, 0.2) is 5.82 Å². The van der Waals surface area contributed by atoms with Gasteiger partial charge in [-0.05, 0) is 31.0 Å². The van der Waals surface area contributed by atoms with Crippen molar-refractivity contribution in [3.05, 3.63) is 41.6 Å². The van der Waals surface area contributed by atoms with Crippen molar-refractivity contribution in [2.24, 2.45) is 0 Å². The second kappa shape index (κ2) is 8.66. The zero-order chi connectivity index (χ0) is 19.5. The highest BCUT2D eigenvalue weighted by Gasteiger charge is 2.19. The first-order valence-corrected chi connectivity index (χ1v) is 10.8. The van der Waals surface area contributed by atoms with E-state index in [-0.39, 0.29) is 5.02 Å². The van der Waals surface area contributed by atoms with Crippen LogP contribution >= 0.6 is 34.2 Å². The van der Waals surface area contributed by atoms with Gasteiger partial charge in [0.2, 0.25) is 5.95 Å². The molecular weight excluding hydrogens is 496 g/mol. The standard InChI is InChI=1S/C18H18ClFIN7/c19-13-7-12(1-2-14(13)20)25-17-16-15(23-10-24-17)8-22-18(27-16)26-11-3-5-28(9-21)6-4-11/h1-2,7-8,10-11H,3-6,9H2,(H,22,26,27)(H,23,24,25). The molecule has 0 amide bonds. The van der Waals surface area contributed by atoms with E-state index in [1.54, 1.807) is 12.3 Å². The predicted molar refractivity (Wildman–Crippen MR) is 117 cm³/mol. The highest BCUT2D eigenvalue weighted by atomic mass is 127. The zero-order valence-corrected chi connectivity index (χ0v) is 17.8. The Bertz CT molecular complexity index is 981. The van der Waals surface area contributed by atoms with E-state index in [2.05, 4.69) is 58.1 Å². The summed E-state index contributed by atoms with van der Waals surface area (Å²) in [4.78, 5) is 19.9. The van der Waals surface area contributed by atoms with Crippen LogP contribution in [0.5, 0.6) is 0 Å². The minimum atomic E-state index is -0.470. The number of rotatable bonds is 5. The fraction of sp³-hybridized carbons (Fsp3) is 0.333. The molecule has 146 valence electrons. The molecule has 0 unspecified atom stereocenters. The number of likely N-dealkylation sites (tertiary alicyclic amines) is 1. The van der Waals surface area contributed by atoms with Crippen molar-refractivity contribution in [3.63, 3.8) is 0 Å². The van der Waals surface area contributed by atoms with Crippen molar-refractivity contribution in [2.75, 3.05) is 28.3 Å². The average molecular weight is 514 g/mol. The van der Waals surface area contributed by atoms with E-state index in [1.807, 2.05) is 0 Å². The number of hydrogen-bond donors (Lipinski definition) is 2. The highest BCUT2D eigenvalue weighted by Crippen LogP contribution is 2.25. The van der Waals surface area contributed by atoms with Gasteiger partial charge >= 0.3 is 0 Å². The normalized spacial score (nSPS) is 15.7. The Morgan fingerprint density at radius 2 is 2.04 bits per heavy atom. The van der Waals surface area contributed by atoms with Crippen LogP contribution in [0.25, 0.3) is 11.0 Å². The molecule has 0 spiro atoms. The maximum Gasteiger partial charge on any atom is 0.223 e. The van der Waals surface area contributed by atoms with Gasteiger partial charge in [0.05, 0.1) is 15.8 Å². The molecule has 0 bridgehead atoms. The highest BCUT2D eigenvalue weighted by molar-refractivity contribution is 14.1. The molecule has 3 heterocycles. The van der Waals surface area contributed by atoms with Crippen LogP contribution in [0, 0.1) is 5.82 Å². The first-order valence-electron chi connectivity index (χ1n) is 8.87. The van der Waals surface area contributed by atoms with Crippen molar-refractivity contribution in [3.8, 4) is 0 Å². The number of nitrogens with one attached hydrogen (secondary N) is 2. The summed E-state index contributed by atoms with van der Waals surface area (Å²) >= 11 is 8.26. The molecule has 1 aliphatic rings. The number of nitrogens with zero attached hydrogens (tertiary/aromatic N) is 5. The molecule has 0 aliphatic carbocycles. The summed E-state index contributed by atoms with van der Waals surface area (Å²) in [7, 11) is 0. The van der Waals surface area contributed by atoms with Crippen LogP contribution in [-0.2, 0) is 0 Å². The van der Waals surface area contributed by atoms with E-state index >= 15 is 0 Å². The number of piperidine rings is 1. The van der Waals surface area contributed by atoms with Crippen molar-refractivity contribution in [2.45, 2.75) is 18.9 Å². The number of anilines is 3. The van der Waals surface area contributed by atoms with E-state index < -0.39 is 5.82 Å². The molecular formula is C18H18ClFIN7. The van der Waals surface area contributed by atoms with Gasteiger partial charge in [-0.3, -0.25) is 4.90 Å².